The van der Waals surface area contributed by atoms with Crippen molar-refractivity contribution in [1.29, 1.82) is 5.26 Å². The van der Waals surface area contributed by atoms with Crippen LogP contribution in [0.1, 0.15) is 46.1 Å². The van der Waals surface area contributed by atoms with Crippen LogP contribution in [-0.2, 0) is 0 Å². The number of likely N-dealkylation sites (tertiary alicyclic amines) is 1. The fourth-order valence-corrected chi connectivity index (χ4v) is 3.42. The van der Waals surface area contributed by atoms with Crippen molar-refractivity contribution < 1.29 is 9.32 Å². The SMILES string of the molecule is Cc1ccc(-c2noc(C3CCN(C(=O)c4ccc(C#N)cc4)CC3)n2)cc1. The number of amides is 1. The largest absolute Gasteiger partial charge is 0.339 e. The van der Waals surface area contributed by atoms with Crippen LogP contribution in [0, 0.1) is 18.3 Å². The quantitative estimate of drug-likeness (QED) is 0.695. The number of benzene rings is 2. The highest BCUT2D eigenvalue weighted by atomic mass is 16.5. The molecule has 1 aromatic heterocycles. The Hall–Kier alpha value is -3.46. The zero-order valence-electron chi connectivity index (χ0n) is 15.6. The van der Waals surface area contributed by atoms with Crippen LogP contribution in [0.4, 0.5) is 0 Å². The van der Waals surface area contributed by atoms with E-state index in [-0.39, 0.29) is 11.8 Å². The molecule has 140 valence electrons. The highest BCUT2D eigenvalue weighted by molar-refractivity contribution is 5.94. The van der Waals surface area contributed by atoms with Gasteiger partial charge in [-0.2, -0.15) is 10.2 Å². The van der Waals surface area contributed by atoms with Crippen LogP contribution in [0.25, 0.3) is 11.4 Å². The summed E-state index contributed by atoms with van der Waals surface area (Å²) in [4.78, 5) is 19.1. The van der Waals surface area contributed by atoms with Crippen LogP contribution >= 0.6 is 0 Å². The maximum absolute atomic E-state index is 12.7. The fourth-order valence-electron chi connectivity index (χ4n) is 3.42. The molecule has 3 aromatic rings. The maximum Gasteiger partial charge on any atom is 0.253 e. The van der Waals surface area contributed by atoms with Crippen LogP contribution in [0.15, 0.2) is 53.1 Å². The summed E-state index contributed by atoms with van der Waals surface area (Å²) in [7, 11) is 0. The maximum atomic E-state index is 12.7. The normalized spacial score (nSPS) is 14.6. The molecule has 1 amide bonds. The number of carbonyl (C=O) groups is 1. The average molecular weight is 372 g/mol. The zero-order chi connectivity index (χ0) is 19.5. The van der Waals surface area contributed by atoms with Gasteiger partial charge in [-0.05, 0) is 44.0 Å². The summed E-state index contributed by atoms with van der Waals surface area (Å²) >= 11 is 0. The number of hydrogen-bond donors (Lipinski definition) is 0. The summed E-state index contributed by atoms with van der Waals surface area (Å²) < 4.78 is 5.50. The molecule has 1 aliphatic heterocycles. The predicted molar refractivity (Wildman–Crippen MR) is 104 cm³/mol. The Bertz CT molecular complexity index is 1010. The first-order valence-electron chi connectivity index (χ1n) is 9.34. The number of carbonyl (C=O) groups excluding carboxylic acids is 1. The van der Waals surface area contributed by atoms with Crippen LogP contribution in [0.2, 0.25) is 0 Å². The van der Waals surface area contributed by atoms with E-state index in [2.05, 4.69) is 16.2 Å². The van der Waals surface area contributed by atoms with E-state index in [1.54, 1.807) is 24.3 Å². The monoisotopic (exact) mass is 372 g/mol. The van der Waals surface area contributed by atoms with E-state index in [9.17, 15) is 4.79 Å². The second-order valence-electron chi connectivity index (χ2n) is 7.08. The van der Waals surface area contributed by atoms with E-state index >= 15 is 0 Å². The lowest BCUT2D eigenvalue weighted by Gasteiger charge is -2.30. The van der Waals surface area contributed by atoms with Gasteiger partial charge < -0.3 is 9.42 Å². The molecule has 6 nitrogen and oxygen atoms in total. The van der Waals surface area contributed by atoms with E-state index in [0.717, 1.165) is 18.4 Å². The third-order valence-corrected chi connectivity index (χ3v) is 5.14. The minimum absolute atomic E-state index is 0.00573. The molecule has 0 aliphatic carbocycles. The number of piperidine rings is 1. The molecule has 4 rings (SSSR count). The van der Waals surface area contributed by atoms with Crippen molar-refractivity contribution >= 4 is 5.91 Å². The molecule has 1 saturated heterocycles. The van der Waals surface area contributed by atoms with E-state index in [4.69, 9.17) is 9.78 Å². The molecule has 0 spiro atoms. The molecule has 0 saturated carbocycles. The number of rotatable bonds is 3. The summed E-state index contributed by atoms with van der Waals surface area (Å²) in [6.07, 6.45) is 1.58. The highest BCUT2D eigenvalue weighted by Crippen LogP contribution is 2.29. The van der Waals surface area contributed by atoms with Gasteiger partial charge in [-0.15, -0.1) is 0 Å². The Labute approximate surface area is 163 Å². The van der Waals surface area contributed by atoms with Gasteiger partial charge in [0.2, 0.25) is 11.7 Å². The second kappa shape index (κ2) is 7.65. The van der Waals surface area contributed by atoms with Gasteiger partial charge in [0.25, 0.3) is 5.91 Å². The molecule has 0 N–H and O–H groups in total. The van der Waals surface area contributed by atoms with Crippen molar-refractivity contribution in [2.24, 2.45) is 0 Å². The molecule has 0 unspecified atom stereocenters. The van der Waals surface area contributed by atoms with Crippen molar-refractivity contribution in [3.05, 3.63) is 71.1 Å². The molecule has 1 fully saturated rings. The van der Waals surface area contributed by atoms with Crippen molar-refractivity contribution in [2.45, 2.75) is 25.7 Å². The number of aromatic nitrogens is 2. The van der Waals surface area contributed by atoms with Crippen LogP contribution in [-0.4, -0.2) is 34.0 Å². The van der Waals surface area contributed by atoms with Gasteiger partial charge in [-0.3, -0.25) is 4.79 Å². The van der Waals surface area contributed by atoms with E-state index in [0.29, 0.717) is 35.9 Å². The van der Waals surface area contributed by atoms with Gasteiger partial charge in [0.05, 0.1) is 11.6 Å². The van der Waals surface area contributed by atoms with Gasteiger partial charge in [-0.1, -0.05) is 35.0 Å². The van der Waals surface area contributed by atoms with Gasteiger partial charge >= 0.3 is 0 Å². The van der Waals surface area contributed by atoms with Gasteiger partial charge in [0.15, 0.2) is 0 Å². The topological polar surface area (TPSA) is 83.0 Å². The Kier molecular flexibility index (Phi) is 4.90. The van der Waals surface area contributed by atoms with Crippen molar-refractivity contribution in [3.63, 3.8) is 0 Å². The van der Waals surface area contributed by atoms with Gasteiger partial charge in [0.1, 0.15) is 0 Å². The molecule has 28 heavy (non-hydrogen) atoms. The number of hydrogen-bond acceptors (Lipinski definition) is 5. The summed E-state index contributed by atoms with van der Waals surface area (Å²) in [5.41, 5.74) is 3.29. The summed E-state index contributed by atoms with van der Waals surface area (Å²) in [6.45, 7) is 3.33. The molecule has 0 radical (unpaired) electrons. The molecule has 6 heteroatoms. The van der Waals surface area contributed by atoms with Crippen LogP contribution in [0.3, 0.4) is 0 Å². The van der Waals surface area contributed by atoms with Gasteiger partial charge in [-0.25, -0.2) is 0 Å². The zero-order valence-corrected chi connectivity index (χ0v) is 15.6. The molecule has 0 bridgehead atoms. The van der Waals surface area contributed by atoms with E-state index in [1.807, 2.05) is 36.1 Å². The van der Waals surface area contributed by atoms with Crippen molar-refractivity contribution in [2.75, 3.05) is 13.1 Å². The smallest absolute Gasteiger partial charge is 0.253 e. The molecule has 1 aliphatic rings. The Balaban J connectivity index is 1.39. The summed E-state index contributed by atoms with van der Waals surface area (Å²) in [6, 6.07) is 16.9. The molecule has 0 atom stereocenters. The lowest BCUT2D eigenvalue weighted by atomic mass is 9.96. The van der Waals surface area contributed by atoms with Crippen LogP contribution in [0.5, 0.6) is 0 Å². The third-order valence-electron chi connectivity index (χ3n) is 5.14. The van der Waals surface area contributed by atoms with Crippen molar-refractivity contribution in [3.8, 4) is 17.5 Å². The molecule has 2 aromatic carbocycles. The van der Waals surface area contributed by atoms with Gasteiger partial charge in [0, 0.05) is 30.1 Å². The lowest BCUT2D eigenvalue weighted by molar-refractivity contribution is 0.0704. The van der Waals surface area contributed by atoms with Crippen molar-refractivity contribution in [1.82, 2.24) is 15.0 Å². The Morgan fingerprint density at radius 3 is 2.43 bits per heavy atom. The second-order valence-corrected chi connectivity index (χ2v) is 7.08. The van der Waals surface area contributed by atoms with Crippen LogP contribution < -0.4 is 0 Å². The number of nitriles is 1. The number of aryl methyl sites for hydroxylation is 1. The average Bonchev–Trinajstić information content (AvgIpc) is 3.24. The first-order chi connectivity index (χ1) is 13.6. The summed E-state index contributed by atoms with van der Waals surface area (Å²) in [5, 5.41) is 13.0. The Morgan fingerprint density at radius 1 is 1.11 bits per heavy atom. The Morgan fingerprint density at radius 2 is 1.79 bits per heavy atom. The lowest BCUT2D eigenvalue weighted by Crippen LogP contribution is -2.38. The number of nitrogens with zero attached hydrogens (tertiary/aromatic N) is 4. The first kappa shape index (κ1) is 17.9. The first-order valence-corrected chi connectivity index (χ1v) is 9.34. The fraction of sp³-hybridized carbons (Fsp3) is 0.273. The molecule has 2 heterocycles. The third kappa shape index (κ3) is 3.65. The predicted octanol–water partition coefficient (Wildman–Crippen LogP) is 3.94. The standard InChI is InChI=1S/C22H20N4O2/c1-15-2-6-17(7-3-15)20-24-21(28-25-20)18-10-12-26(13-11-18)22(27)19-8-4-16(14-23)5-9-19/h2-9,18H,10-13H2,1H3. The summed E-state index contributed by atoms with van der Waals surface area (Å²) in [5.74, 6) is 1.40. The van der Waals surface area contributed by atoms with E-state index < -0.39 is 0 Å². The highest BCUT2D eigenvalue weighted by Gasteiger charge is 2.28. The molecular weight excluding hydrogens is 352 g/mol. The molecular formula is C22H20N4O2. The minimum atomic E-state index is -0.00573. The minimum Gasteiger partial charge on any atom is -0.339 e. The van der Waals surface area contributed by atoms with E-state index in [1.165, 1.54) is 5.56 Å².